The lowest BCUT2D eigenvalue weighted by Gasteiger charge is -1.96. The molecule has 0 amide bonds. The number of hydrogen-bond acceptors (Lipinski definition) is 4. The van der Waals surface area contributed by atoms with Crippen molar-refractivity contribution in [1.29, 1.82) is 0 Å². The lowest BCUT2D eigenvalue weighted by atomic mass is 10.1. The lowest BCUT2D eigenvalue weighted by molar-refractivity contribution is -0.135. The number of carboxylic acid groups (broad SMARTS) is 1. The summed E-state index contributed by atoms with van der Waals surface area (Å²) in [6, 6.07) is 7.72. The molecule has 0 aromatic heterocycles. The SMILES string of the molecule is CCCCNCC(=O)O.Cc1ccccc1C=NO. The highest BCUT2D eigenvalue weighted by Crippen LogP contribution is 2.02. The number of unbranched alkanes of at least 4 members (excludes halogenated alkanes) is 1. The van der Waals surface area contributed by atoms with Gasteiger partial charge in [0, 0.05) is 0 Å². The van der Waals surface area contributed by atoms with Crippen molar-refractivity contribution in [2.24, 2.45) is 5.16 Å². The monoisotopic (exact) mass is 266 g/mol. The molecule has 0 aliphatic heterocycles. The highest BCUT2D eigenvalue weighted by molar-refractivity contribution is 5.80. The minimum absolute atomic E-state index is 0.0833. The Kier molecular flexibility index (Phi) is 10.1. The predicted octanol–water partition coefficient (Wildman–Crippen LogP) is 2.26. The number of nitrogens with one attached hydrogen (secondary N) is 1. The molecule has 0 radical (unpaired) electrons. The molecule has 19 heavy (non-hydrogen) atoms. The second-order valence-corrected chi connectivity index (χ2v) is 4.03. The van der Waals surface area contributed by atoms with E-state index < -0.39 is 5.97 Å². The Hall–Kier alpha value is -1.88. The average Bonchev–Trinajstić information content (AvgIpc) is 2.38. The van der Waals surface area contributed by atoms with E-state index in [1.165, 1.54) is 6.21 Å². The first-order valence-electron chi connectivity index (χ1n) is 6.27. The number of carbonyl (C=O) groups is 1. The first kappa shape index (κ1) is 17.1. The van der Waals surface area contributed by atoms with E-state index in [1.807, 2.05) is 31.2 Å². The van der Waals surface area contributed by atoms with Crippen LogP contribution in [0.5, 0.6) is 0 Å². The molecule has 0 spiro atoms. The minimum Gasteiger partial charge on any atom is -0.480 e. The fourth-order valence-electron chi connectivity index (χ4n) is 1.29. The molecule has 5 heteroatoms. The number of aliphatic carboxylic acids is 1. The molecule has 0 bridgehead atoms. The van der Waals surface area contributed by atoms with Gasteiger partial charge in [0.1, 0.15) is 0 Å². The molecule has 5 nitrogen and oxygen atoms in total. The van der Waals surface area contributed by atoms with Crippen LogP contribution in [0.3, 0.4) is 0 Å². The molecule has 3 N–H and O–H groups in total. The van der Waals surface area contributed by atoms with Crippen molar-refractivity contribution in [3.05, 3.63) is 35.4 Å². The summed E-state index contributed by atoms with van der Waals surface area (Å²) in [4.78, 5) is 9.90. The molecular formula is C14H22N2O3. The number of nitrogens with zero attached hydrogens (tertiary/aromatic N) is 1. The Morgan fingerprint density at radius 3 is 2.63 bits per heavy atom. The highest BCUT2D eigenvalue weighted by Gasteiger charge is 1.92. The van der Waals surface area contributed by atoms with Crippen LogP contribution in [0.15, 0.2) is 29.4 Å². The van der Waals surface area contributed by atoms with Gasteiger partial charge in [0.15, 0.2) is 0 Å². The van der Waals surface area contributed by atoms with Crippen LogP contribution in [0.2, 0.25) is 0 Å². The second-order valence-electron chi connectivity index (χ2n) is 4.03. The third-order valence-corrected chi connectivity index (χ3v) is 2.37. The van der Waals surface area contributed by atoms with Gasteiger partial charge in [-0.3, -0.25) is 4.79 Å². The summed E-state index contributed by atoms with van der Waals surface area (Å²) < 4.78 is 0. The molecule has 0 unspecified atom stereocenters. The van der Waals surface area contributed by atoms with Crippen molar-refractivity contribution in [3.63, 3.8) is 0 Å². The maximum absolute atomic E-state index is 9.90. The van der Waals surface area contributed by atoms with Crippen LogP contribution in [-0.2, 0) is 4.79 Å². The molecule has 1 aromatic rings. The second kappa shape index (κ2) is 11.2. The van der Waals surface area contributed by atoms with Crippen LogP contribution >= 0.6 is 0 Å². The fraction of sp³-hybridized carbons (Fsp3) is 0.429. The van der Waals surface area contributed by atoms with E-state index in [9.17, 15) is 4.79 Å². The van der Waals surface area contributed by atoms with E-state index in [0.29, 0.717) is 0 Å². The summed E-state index contributed by atoms with van der Waals surface area (Å²) in [6.45, 7) is 4.93. The number of rotatable bonds is 6. The van der Waals surface area contributed by atoms with Crippen LogP contribution in [0.25, 0.3) is 0 Å². The van der Waals surface area contributed by atoms with E-state index in [-0.39, 0.29) is 6.54 Å². The van der Waals surface area contributed by atoms with Gasteiger partial charge in [-0.1, -0.05) is 42.8 Å². The van der Waals surface area contributed by atoms with Crippen molar-refractivity contribution < 1.29 is 15.1 Å². The Labute approximate surface area is 114 Å². The summed E-state index contributed by atoms with van der Waals surface area (Å²) in [7, 11) is 0. The van der Waals surface area contributed by atoms with Gasteiger partial charge < -0.3 is 15.6 Å². The Morgan fingerprint density at radius 2 is 2.11 bits per heavy atom. The van der Waals surface area contributed by atoms with E-state index in [4.69, 9.17) is 10.3 Å². The van der Waals surface area contributed by atoms with Crippen LogP contribution in [-0.4, -0.2) is 35.6 Å². The maximum Gasteiger partial charge on any atom is 0.317 e. The molecule has 0 saturated heterocycles. The molecule has 0 atom stereocenters. The lowest BCUT2D eigenvalue weighted by Crippen LogP contribution is -2.23. The van der Waals surface area contributed by atoms with E-state index >= 15 is 0 Å². The summed E-state index contributed by atoms with van der Waals surface area (Å²) >= 11 is 0. The third kappa shape index (κ3) is 9.79. The number of benzene rings is 1. The van der Waals surface area contributed by atoms with Crippen molar-refractivity contribution in [1.82, 2.24) is 5.32 Å². The number of carboxylic acids is 1. The highest BCUT2D eigenvalue weighted by atomic mass is 16.4. The van der Waals surface area contributed by atoms with E-state index in [2.05, 4.69) is 17.4 Å². The Morgan fingerprint density at radius 1 is 1.42 bits per heavy atom. The largest absolute Gasteiger partial charge is 0.480 e. The third-order valence-electron chi connectivity index (χ3n) is 2.37. The van der Waals surface area contributed by atoms with Crippen LogP contribution < -0.4 is 5.32 Å². The molecule has 0 fully saturated rings. The Balaban J connectivity index is 0.000000344. The first-order valence-corrected chi connectivity index (χ1v) is 6.27. The molecule has 106 valence electrons. The summed E-state index contributed by atoms with van der Waals surface area (Å²) in [5, 5.41) is 22.1. The summed E-state index contributed by atoms with van der Waals surface area (Å²) in [6.07, 6.45) is 3.58. The smallest absolute Gasteiger partial charge is 0.317 e. The van der Waals surface area contributed by atoms with Gasteiger partial charge in [0.2, 0.25) is 0 Å². The molecule has 1 aromatic carbocycles. The molecule has 0 aliphatic rings. The molecule has 0 aliphatic carbocycles. The number of hydrogen-bond donors (Lipinski definition) is 3. The van der Waals surface area contributed by atoms with Gasteiger partial charge in [-0.2, -0.15) is 0 Å². The summed E-state index contributed by atoms with van der Waals surface area (Å²) in [5.74, 6) is -0.786. The molecule has 0 saturated carbocycles. The van der Waals surface area contributed by atoms with Crippen LogP contribution in [0.4, 0.5) is 0 Å². The zero-order valence-corrected chi connectivity index (χ0v) is 11.5. The molecule has 1 rings (SSSR count). The number of oxime groups is 1. The minimum atomic E-state index is -0.786. The van der Waals surface area contributed by atoms with Gasteiger partial charge in [-0.05, 0) is 31.0 Å². The zero-order chi connectivity index (χ0) is 14.5. The summed E-state index contributed by atoms with van der Waals surface area (Å²) in [5.41, 5.74) is 2.06. The van der Waals surface area contributed by atoms with Gasteiger partial charge in [0.25, 0.3) is 0 Å². The first-order chi connectivity index (χ1) is 9.11. The standard InChI is InChI=1S/C8H9NO.C6H13NO2/c1-7-4-2-3-5-8(7)6-9-10;1-2-3-4-7-5-6(8)9/h2-6,10H,1H3;7H,2-5H2,1H3,(H,8,9). The Bertz CT molecular complexity index is 392. The quantitative estimate of drug-likeness (QED) is 0.319. The van der Waals surface area contributed by atoms with Gasteiger partial charge >= 0.3 is 5.97 Å². The van der Waals surface area contributed by atoms with Crippen molar-refractivity contribution >= 4 is 12.2 Å². The van der Waals surface area contributed by atoms with E-state index in [0.717, 1.165) is 30.5 Å². The predicted molar refractivity (Wildman–Crippen MR) is 76.0 cm³/mol. The van der Waals surface area contributed by atoms with Gasteiger partial charge in [-0.15, -0.1) is 0 Å². The van der Waals surface area contributed by atoms with Crippen molar-refractivity contribution in [3.8, 4) is 0 Å². The average molecular weight is 266 g/mol. The maximum atomic E-state index is 9.90. The van der Waals surface area contributed by atoms with Crippen LogP contribution in [0, 0.1) is 6.92 Å². The van der Waals surface area contributed by atoms with E-state index in [1.54, 1.807) is 0 Å². The number of aryl methyl sites for hydroxylation is 1. The topological polar surface area (TPSA) is 81.9 Å². The van der Waals surface area contributed by atoms with Crippen molar-refractivity contribution in [2.75, 3.05) is 13.1 Å². The zero-order valence-electron chi connectivity index (χ0n) is 11.5. The van der Waals surface area contributed by atoms with Crippen LogP contribution in [0.1, 0.15) is 30.9 Å². The van der Waals surface area contributed by atoms with Gasteiger partial charge in [0.05, 0.1) is 12.8 Å². The molecular weight excluding hydrogens is 244 g/mol. The fourth-order valence-corrected chi connectivity index (χ4v) is 1.29. The van der Waals surface area contributed by atoms with Crippen molar-refractivity contribution in [2.45, 2.75) is 26.7 Å². The van der Waals surface area contributed by atoms with Gasteiger partial charge in [-0.25, -0.2) is 0 Å². The normalized spacial score (nSPS) is 10.0. The molecule has 0 heterocycles.